The summed E-state index contributed by atoms with van der Waals surface area (Å²) in [5, 5.41) is 9.09. The lowest BCUT2D eigenvalue weighted by molar-refractivity contribution is -0.132. The number of hydrogen-bond acceptors (Lipinski definition) is 4. The molecule has 1 aliphatic rings. The van der Waals surface area contributed by atoms with Crippen molar-refractivity contribution in [1.29, 1.82) is 0 Å². The van der Waals surface area contributed by atoms with E-state index in [9.17, 15) is 23.2 Å². The summed E-state index contributed by atoms with van der Waals surface area (Å²) in [5.41, 5.74) is -0.979. The van der Waals surface area contributed by atoms with E-state index in [1.54, 1.807) is 17.9 Å². The first-order valence-corrected chi connectivity index (χ1v) is 8.30. The molecule has 0 aromatic heterocycles. The van der Waals surface area contributed by atoms with Crippen LogP contribution in [0.25, 0.3) is 5.57 Å². The van der Waals surface area contributed by atoms with E-state index in [1.807, 2.05) is 0 Å². The summed E-state index contributed by atoms with van der Waals surface area (Å²) in [4.78, 5) is 36.4. The number of carboxylic acids is 1. The summed E-state index contributed by atoms with van der Waals surface area (Å²) in [5.74, 6) is -4.77. The number of benzene rings is 1. The van der Waals surface area contributed by atoms with Gasteiger partial charge in [-0.2, -0.15) is 0 Å². The van der Waals surface area contributed by atoms with Crippen molar-refractivity contribution in [2.45, 2.75) is 20.3 Å². The van der Waals surface area contributed by atoms with E-state index in [0.717, 1.165) is 12.3 Å². The minimum Gasteiger partial charge on any atom is -0.500 e. The van der Waals surface area contributed by atoms with E-state index in [1.165, 1.54) is 6.92 Å². The van der Waals surface area contributed by atoms with Crippen molar-refractivity contribution in [2.75, 3.05) is 19.7 Å². The van der Waals surface area contributed by atoms with Crippen molar-refractivity contribution >= 4 is 23.2 Å². The van der Waals surface area contributed by atoms with Gasteiger partial charge in [-0.3, -0.25) is 9.59 Å². The molecule has 1 heterocycles. The molecule has 0 bridgehead atoms. The van der Waals surface area contributed by atoms with Gasteiger partial charge in [0.1, 0.15) is 23.5 Å². The fourth-order valence-electron chi connectivity index (χ4n) is 2.68. The van der Waals surface area contributed by atoms with Crippen LogP contribution in [0.5, 0.6) is 0 Å². The van der Waals surface area contributed by atoms with Crippen molar-refractivity contribution in [2.24, 2.45) is 0 Å². The van der Waals surface area contributed by atoms with Crippen LogP contribution in [0.1, 0.15) is 36.2 Å². The standard InChI is InChI=1S/C19H19F2NO5/c1-3-27-10-15(19(25)26)18(24)14-9-16(20)13(8-17(14)21)12-4-6-22(7-5-12)11(2)23/h4,8-10H,3,5-7H2,1-2H3,(H,25,26). The van der Waals surface area contributed by atoms with Crippen molar-refractivity contribution < 1.29 is 33.0 Å². The van der Waals surface area contributed by atoms with E-state index in [-0.39, 0.29) is 24.6 Å². The molecule has 8 heteroatoms. The van der Waals surface area contributed by atoms with E-state index in [4.69, 9.17) is 9.84 Å². The second kappa shape index (κ2) is 8.57. The first-order chi connectivity index (χ1) is 12.8. The maximum absolute atomic E-state index is 14.5. The van der Waals surface area contributed by atoms with Crippen LogP contribution in [0, 0.1) is 11.6 Å². The molecule has 0 saturated carbocycles. The van der Waals surface area contributed by atoms with Crippen LogP contribution in [-0.4, -0.2) is 47.4 Å². The normalized spacial score (nSPS) is 14.6. The van der Waals surface area contributed by atoms with Crippen LogP contribution in [0.4, 0.5) is 8.78 Å². The Hall–Kier alpha value is -3.03. The quantitative estimate of drug-likeness (QED) is 0.270. The number of amides is 1. The largest absolute Gasteiger partial charge is 0.500 e. The van der Waals surface area contributed by atoms with Crippen LogP contribution in [0.15, 0.2) is 30.0 Å². The molecule has 27 heavy (non-hydrogen) atoms. The minimum absolute atomic E-state index is 0.0158. The van der Waals surface area contributed by atoms with Gasteiger partial charge in [-0.05, 0) is 31.1 Å². The maximum atomic E-state index is 14.5. The highest BCUT2D eigenvalue weighted by molar-refractivity contribution is 6.23. The SMILES string of the molecule is CCOC=C(C(=O)O)C(=O)c1cc(F)c(C2=CCN(C(C)=O)CC2)cc1F. The van der Waals surface area contributed by atoms with E-state index in [2.05, 4.69) is 0 Å². The third kappa shape index (κ3) is 4.58. The zero-order valence-corrected chi connectivity index (χ0v) is 14.9. The molecule has 0 saturated heterocycles. The molecule has 2 rings (SSSR count). The van der Waals surface area contributed by atoms with E-state index >= 15 is 0 Å². The van der Waals surface area contributed by atoms with Crippen LogP contribution < -0.4 is 0 Å². The summed E-state index contributed by atoms with van der Waals surface area (Å²) < 4.78 is 33.8. The van der Waals surface area contributed by atoms with Gasteiger partial charge in [0, 0.05) is 25.6 Å². The van der Waals surface area contributed by atoms with E-state index < -0.39 is 34.5 Å². The molecule has 1 aliphatic heterocycles. The van der Waals surface area contributed by atoms with Gasteiger partial charge in [0.05, 0.1) is 12.2 Å². The third-order valence-corrected chi connectivity index (χ3v) is 4.14. The van der Waals surface area contributed by atoms with Gasteiger partial charge in [-0.25, -0.2) is 13.6 Å². The van der Waals surface area contributed by atoms with E-state index in [0.29, 0.717) is 24.6 Å². The minimum atomic E-state index is -1.60. The number of carbonyl (C=O) groups is 3. The van der Waals surface area contributed by atoms with Crippen LogP contribution in [-0.2, 0) is 14.3 Å². The summed E-state index contributed by atoms with van der Waals surface area (Å²) in [6.45, 7) is 3.79. The lowest BCUT2D eigenvalue weighted by atomic mass is 9.95. The third-order valence-electron chi connectivity index (χ3n) is 4.14. The highest BCUT2D eigenvalue weighted by atomic mass is 19.1. The number of ether oxygens (including phenoxy) is 1. The average Bonchev–Trinajstić information content (AvgIpc) is 2.63. The predicted molar refractivity (Wildman–Crippen MR) is 92.9 cm³/mol. The Bertz CT molecular complexity index is 845. The van der Waals surface area contributed by atoms with Gasteiger partial charge in [0.15, 0.2) is 0 Å². The number of carbonyl (C=O) groups excluding carboxylic acids is 2. The van der Waals surface area contributed by atoms with Crippen LogP contribution in [0.3, 0.4) is 0 Å². The van der Waals surface area contributed by atoms with Crippen molar-refractivity contribution in [3.63, 3.8) is 0 Å². The summed E-state index contributed by atoms with van der Waals surface area (Å²) in [6, 6.07) is 1.56. The molecular formula is C19H19F2NO5. The molecule has 0 radical (unpaired) electrons. The number of aliphatic carboxylic acids is 1. The summed E-state index contributed by atoms with van der Waals surface area (Å²) in [6.07, 6.45) is 2.69. The molecule has 0 fully saturated rings. The number of nitrogens with zero attached hydrogens (tertiary/aromatic N) is 1. The molecule has 1 N–H and O–H groups in total. The maximum Gasteiger partial charge on any atom is 0.342 e. The second-order valence-electron chi connectivity index (χ2n) is 5.88. The molecule has 0 unspecified atom stereocenters. The molecule has 1 aromatic carbocycles. The van der Waals surface area contributed by atoms with Gasteiger partial charge < -0.3 is 14.7 Å². The molecule has 0 atom stereocenters. The Morgan fingerprint density at radius 2 is 1.96 bits per heavy atom. The Kier molecular flexibility index (Phi) is 6.44. The predicted octanol–water partition coefficient (Wildman–Crippen LogP) is 2.79. The molecule has 1 amide bonds. The molecule has 144 valence electrons. The molecule has 0 aliphatic carbocycles. The summed E-state index contributed by atoms with van der Waals surface area (Å²) >= 11 is 0. The number of halogens is 2. The molecule has 0 spiro atoms. The fraction of sp³-hybridized carbons (Fsp3) is 0.316. The Balaban J connectivity index is 2.36. The zero-order chi connectivity index (χ0) is 20.1. The summed E-state index contributed by atoms with van der Waals surface area (Å²) in [7, 11) is 0. The Morgan fingerprint density at radius 3 is 2.48 bits per heavy atom. The monoisotopic (exact) mass is 379 g/mol. The topological polar surface area (TPSA) is 83.9 Å². The zero-order valence-electron chi connectivity index (χ0n) is 14.9. The molecule has 6 nitrogen and oxygen atoms in total. The number of Topliss-reactive ketones (excluding diaryl/α,β-unsaturated/α-hetero) is 1. The smallest absolute Gasteiger partial charge is 0.342 e. The van der Waals surface area contributed by atoms with Gasteiger partial charge in [0.2, 0.25) is 11.7 Å². The van der Waals surface area contributed by atoms with Gasteiger partial charge in [-0.1, -0.05) is 6.08 Å². The van der Waals surface area contributed by atoms with Crippen molar-refractivity contribution in [3.8, 4) is 0 Å². The number of ketones is 1. The number of carboxylic acid groups (broad SMARTS) is 1. The van der Waals surface area contributed by atoms with Crippen LogP contribution >= 0.6 is 0 Å². The fourth-order valence-corrected chi connectivity index (χ4v) is 2.68. The molecular weight excluding hydrogens is 360 g/mol. The van der Waals surface area contributed by atoms with Gasteiger partial charge in [-0.15, -0.1) is 0 Å². The highest BCUT2D eigenvalue weighted by Gasteiger charge is 2.26. The van der Waals surface area contributed by atoms with Crippen molar-refractivity contribution in [3.05, 3.63) is 52.8 Å². The second-order valence-corrected chi connectivity index (χ2v) is 5.88. The average molecular weight is 379 g/mol. The first-order valence-electron chi connectivity index (χ1n) is 8.30. The lowest BCUT2D eigenvalue weighted by Gasteiger charge is -2.25. The van der Waals surface area contributed by atoms with Gasteiger partial charge >= 0.3 is 5.97 Å². The Labute approximate surface area is 154 Å². The van der Waals surface area contributed by atoms with Gasteiger partial charge in [0.25, 0.3) is 0 Å². The lowest BCUT2D eigenvalue weighted by Crippen LogP contribution is -2.32. The first kappa shape index (κ1) is 20.3. The number of hydrogen-bond donors (Lipinski definition) is 1. The highest BCUT2D eigenvalue weighted by Crippen LogP contribution is 2.28. The van der Waals surface area contributed by atoms with Crippen LogP contribution in [0.2, 0.25) is 0 Å². The number of rotatable bonds is 6. The van der Waals surface area contributed by atoms with Crippen molar-refractivity contribution in [1.82, 2.24) is 4.90 Å². The molecule has 1 aromatic rings. The Morgan fingerprint density at radius 1 is 1.26 bits per heavy atom.